The van der Waals surface area contributed by atoms with Gasteiger partial charge in [0.05, 0.1) is 19.9 Å². The molecule has 4 aromatic rings. The number of fused-ring (bicyclic) bond motifs is 1. The van der Waals surface area contributed by atoms with E-state index in [1.54, 1.807) is 26.6 Å². The molecule has 8 nitrogen and oxygen atoms in total. The highest BCUT2D eigenvalue weighted by atomic mass is 16.5. The predicted molar refractivity (Wildman–Crippen MR) is 125 cm³/mol. The number of aryl methyl sites for hydroxylation is 2. The number of pyridine rings is 1. The molecule has 0 aliphatic heterocycles. The largest absolute Gasteiger partial charge is 0.497 e. The maximum absolute atomic E-state index is 12.4. The SMILES string of the molecule is COc1cc(OC)cc(-c2cc3nc(C)c(CCC(=O)NCc4cccnc4)c(C)n3n2)c1. The first-order chi connectivity index (χ1) is 16.0. The number of benzene rings is 1. The Bertz CT molecular complexity index is 1260. The number of aromatic nitrogens is 4. The lowest BCUT2D eigenvalue weighted by Gasteiger charge is -2.11. The highest BCUT2D eigenvalue weighted by molar-refractivity contribution is 5.76. The van der Waals surface area contributed by atoms with Gasteiger partial charge in [-0.3, -0.25) is 9.78 Å². The van der Waals surface area contributed by atoms with Gasteiger partial charge < -0.3 is 14.8 Å². The topological polar surface area (TPSA) is 90.6 Å². The van der Waals surface area contributed by atoms with Crippen LogP contribution in [0.1, 0.15) is 28.9 Å². The second-order valence-electron chi connectivity index (χ2n) is 7.80. The summed E-state index contributed by atoms with van der Waals surface area (Å²) in [6.07, 6.45) is 4.42. The highest BCUT2D eigenvalue weighted by Crippen LogP contribution is 2.30. The van der Waals surface area contributed by atoms with E-state index in [1.807, 2.05) is 54.8 Å². The van der Waals surface area contributed by atoms with E-state index in [9.17, 15) is 4.79 Å². The van der Waals surface area contributed by atoms with E-state index in [2.05, 4.69) is 10.3 Å². The molecule has 3 heterocycles. The second-order valence-corrected chi connectivity index (χ2v) is 7.80. The number of rotatable bonds is 8. The molecule has 0 atom stereocenters. The van der Waals surface area contributed by atoms with Gasteiger partial charge in [0.1, 0.15) is 11.5 Å². The monoisotopic (exact) mass is 445 g/mol. The number of amides is 1. The number of carbonyl (C=O) groups excluding carboxylic acids is 1. The van der Waals surface area contributed by atoms with Gasteiger partial charge in [-0.05, 0) is 49.6 Å². The first-order valence-electron chi connectivity index (χ1n) is 10.7. The lowest BCUT2D eigenvalue weighted by atomic mass is 10.1. The van der Waals surface area contributed by atoms with Crippen molar-refractivity contribution in [1.29, 1.82) is 0 Å². The molecule has 0 radical (unpaired) electrons. The molecule has 8 heteroatoms. The summed E-state index contributed by atoms with van der Waals surface area (Å²) in [7, 11) is 3.24. The van der Waals surface area contributed by atoms with Crippen molar-refractivity contribution >= 4 is 11.6 Å². The van der Waals surface area contributed by atoms with E-state index < -0.39 is 0 Å². The van der Waals surface area contributed by atoms with E-state index in [0.29, 0.717) is 30.9 Å². The minimum absolute atomic E-state index is 0.0117. The third kappa shape index (κ3) is 4.95. The number of nitrogens with one attached hydrogen (secondary N) is 1. The van der Waals surface area contributed by atoms with Gasteiger partial charge in [0.25, 0.3) is 0 Å². The number of nitrogens with zero attached hydrogens (tertiary/aromatic N) is 4. The molecule has 0 fully saturated rings. The zero-order chi connectivity index (χ0) is 23.4. The molecule has 170 valence electrons. The summed E-state index contributed by atoms with van der Waals surface area (Å²) in [6.45, 7) is 4.44. The third-order valence-corrected chi connectivity index (χ3v) is 5.63. The Morgan fingerprint density at radius 1 is 1.09 bits per heavy atom. The minimum atomic E-state index is -0.0117. The first-order valence-corrected chi connectivity index (χ1v) is 10.7. The normalized spacial score (nSPS) is 10.9. The molecule has 3 aromatic heterocycles. The van der Waals surface area contributed by atoms with Crippen LogP contribution in [-0.4, -0.2) is 39.7 Å². The van der Waals surface area contributed by atoms with Gasteiger partial charge in [0.2, 0.25) is 5.91 Å². The maximum atomic E-state index is 12.4. The van der Waals surface area contributed by atoms with Gasteiger partial charge in [-0.2, -0.15) is 5.10 Å². The summed E-state index contributed by atoms with van der Waals surface area (Å²) in [5.41, 5.74) is 6.27. The van der Waals surface area contributed by atoms with Crippen molar-refractivity contribution in [2.75, 3.05) is 14.2 Å². The van der Waals surface area contributed by atoms with Crippen LogP contribution >= 0.6 is 0 Å². The van der Waals surface area contributed by atoms with Crippen molar-refractivity contribution in [2.24, 2.45) is 0 Å². The van der Waals surface area contributed by atoms with Crippen LogP contribution in [0.25, 0.3) is 16.9 Å². The van der Waals surface area contributed by atoms with Gasteiger partial charge in [0.15, 0.2) is 5.65 Å². The molecule has 33 heavy (non-hydrogen) atoms. The average molecular weight is 446 g/mol. The molecule has 0 unspecified atom stereocenters. The van der Waals surface area contributed by atoms with Gasteiger partial charge in [0, 0.05) is 54.4 Å². The molecule has 1 aromatic carbocycles. The average Bonchev–Trinajstić information content (AvgIpc) is 3.27. The van der Waals surface area contributed by atoms with Crippen molar-refractivity contribution in [2.45, 2.75) is 33.2 Å². The molecule has 1 N–H and O–H groups in total. The highest BCUT2D eigenvalue weighted by Gasteiger charge is 2.15. The first kappa shape index (κ1) is 22.3. The molecule has 0 saturated heterocycles. The molecule has 0 bridgehead atoms. The minimum Gasteiger partial charge on any atom is -0.497 e. The molecule has 4 rings (SSSR count). The van der Waals surface area contributed by atoms with Crippen molar-refractivity contribution < 1.29 is 14.3 Å². The third-order valence-electron chi connectivity index (χ3n) is 5.63. The number of methoxy groups -OCH3 is 2. The van der Waals surface area contributed by atoms with E-state index in [4.69, 9.17) is 19.6 Å². The summed E-state index contributed by atoms with van der Waals surface area (Å²) < 4.78 is 12.6. The number of hydrogen-bond acceptors (Lipinski definition) is 6. The Hall–Kier alpha value is -3.94. The summed E-state index contributed by atoms with van der Waals surface area (Å²) in [6, 6.07) is 11.4. The standard InChI is InChI=1S/C25H27N5O3/c1-16-22(7-8-25(31)27-15-18-6-5-9-26-14-18)17(2)30-24(28-16)13-23(29-30)19-10-20(32-3)12-21(11-19)33-4/h5-6,9-14H,7-8,15H2,1-4H3,(H,27,31). The van der Waals surface area contributed by atoms with E-state index >= 15 is 0 Å². The Balaban J connectivity index is 1.54. The van der Waals surface area contributed by atoms with E-state index in [0.717, 1.165) is 39.4 Å². The van der Waals surface area contributed by atoms with Crippen molar-refractivity contribution in [3.8, 4) is 22.8 Å². The summed E-state index contributed by atoms with van der Waals surface area (Å²) in [5.74, 6) is 1.38. The summed E-state index contributed by atoms with van der Waals surface area (Å²) in [4.78, 5) is 21.2. The molecule has 0 aliphatic rings. The van der Waals surface area contributed by atoms with Gasteiger partial charge >= 0.3 is 0 Å². The number of hydrogen-bond donors (Lipinski definition) is 1. The van der Waals surface area contributed by atoms with Crippen LogP contribution in [0.4, 0.5) is 0 Å². The molecule has 0 aliphatic carbocycles. The number of carbonyl (C=O) groups is 1. The van der Waals surface area contributed by atoms with E-state index in [1.165, 1.54) is 0 Å². The molecule has 0 saturated carbocycles. The van der Waals surface area contributed by atoms with Gasteiger partial charge in [-0.15, -0.1) is 0 Å². The molecule has 1 amide bonds. The predicted octanol–water partition coefficient (Wildman–Crippen LogP) is 3.67. The zero-order valence-electron chi connectivity index (χ0n) is 19.3. The Kier molecular flexibility index (Phi) is 6.53. The maximum Gasteiger partial charge on any atom is 0.220 e. The molecular formula is C25H27N5O3. The van der Waals surface area contributed by atoms with Crippen LogP contribution in [0.2, 0.25) is 0 Å². The summed E-state index contributed by atoms with van der Waals surface area (Å²) in [5, 5.41) is 7.72. The smallest absolute Gasteiger partial charge is 0.220 e. The van der Waals surface area contributed by atoms with Crippen molar-refractivity contribution in [3.63, 3.8) is 0 Å². The second kappa shape index (κ2) is 9.68. The van der Waals surface area contributed by atoms with E-state index in [-0.39, 0.29) is 5.91 Å². The van der Waals surface area contributed by atoms with Crippen LogP contribution in [0, 0.1) is 13.8 Å². The Morgan fingerprint density at radius 2 is 1.85 bits per heavy atom. The molecular weight excluding hydrogens is 418 g/mol. The lowest BCUT2D eigenvalue weighted by Crippen LogP contribution is -2.23. The zero-order valence-corrected chi connectivity index (χ0v) is 19.3. The lowest BCUT2D eigenvalue weighted by molar-refractivity contribution is -0.121. The van der Waals surface area contributed by atoms with Crippen molar-refractivity contribution in [3.05, 3.63) is 71.3 Å². The van der Waals surface area contributed by atoms with Crippen LogP contribution < -0.4 is 14.8 Å². The fraction of sp³-hybridized carbons (Fsp3) is 0.280. The van der Waals surface area contributed by atoms with Crippen LogP contribution in [0.5, 0.6) is 11.5 Å². The van der Waals surface area contributed by atoms with Crippen LogP contribution in [0.3, 0.4) is 0 Å². The van der Waals surface area contributed by atoms with Gasteiger partial charge in [-0.25, -0.2) is 9.50 Å². The van der Waals surface area contributed by atoms with Crippen LogP contribution in [-0.2, 0) is 17.8 Å². The fourth-order valence-corrected chi connectivity index (χ4v) is 3.82. The Morgan fingerprint density at radius 3 is 2.52 bits per heavy atom. The fourth-order valence-electron chi connectivity index (χ4n) is 3.82. The quantitative estimate of drug-likeness (QED) is 0.445. The van der Waals surface area contributed by atoms with Gasteiger partial charge in [-0.1, -0.05) is 6.07 Å². The Labute approximate surface area is 192 Å². The summed E-state index contributed by atoms with van der Waals surface area (Å²) >= 11 is 0. The number of ether oxygens (including phenoxy) is 2. The van der Waals surface area contributed by atoms with Crippen LogP contribution in [0.15, 0.2) is 48.8 Å². The molecule has 0 spiro atoms. The van der Waals surface area contributed by atoms with Crippen molar-refractivity contribution in [1.82, 2.24) is 24.9 Å².